The van der Waals surface area contributed by atoms with Crippen molar-refractivity contribution in [3.8, 4) is 0 Å². The summed E-state index contributed by atoms with van der Waals surface area (Å²) in [7, 11) is -3.59. The molecular formula is C25H31N7O4S. The number of benzene rings is 1. The van der Waals surface area contributed by atoms with Gasteiger partial charge in [-0.05, 0) is 49.9 Å². The van der Waals surface area contributed by atoms with Crippen LogP contribution >= 0.6 is 0 Å². The topological polar surface area (TPSA) is 121 Å². The number of likely N-dealkylation sites (tertiary alicyclic amines) is 2. The molecule has 3 amide bonds. The number of carbonyl (C=O) groups is 2. The Kier molecular flexibility index (Phi) is 4.86. The average molecular weight is 526 g/mol. The maximum absolute atomic E-state index is 13.0. The number of aromatic nitrogens is 3. The first-order chi connectivity index (χ1) is 17.6. The van der Waals surface area contributed by atoms with Gasteiger partial charge in [0.1, 0.15) is 6.33 Å². The molecule has 2 saturated carbocycles. The van der Waals surface area contributed by atoms with Crippen molar-refractivity contribution >= 4 is 27.6 Å². The van der Waals surface area contributed by atoms with E-state index in [2.05, 4.69) is 15.4 Å². The summed E-state index contributed by atoms with van der Waals surface area (Å²) in [5.74, 6) is 1.35. The molecule has 1 aromatic carbocycles. The molecule has 0 unspecified atom stereocenters. The van der Waals surface area contributed by atoms with Gasteiger partial charge in [0.05, 0.1) is 10.9 Å². The van der Waals surface area contributed by atoms with E-state index in [0.717, 1.165) is 31.8 Å². The van der Waals surface area contributed by atoms with E-state index < -0.39 is 10.0 Å². The van der Waals surface area contributed by atoms with Crippen LogP contribution in [0, 0.1) is 10.8 Å². The Hall–Kier alpha value is -2.99. The van der Waals surface area contributed by atoms with Crippen molar-refractivity contribution in [2.75, 3.05) is 44.6 Å². The van der Waals surface area contributed by atoms with Crippen molar-refractivity contribution in [3.63, 3.8) is 0 Å². The molecule has 5 fully saturated rings. The summed E-state index contributed by atoms with van der Waals surface area (Å²) >= 11 is 0. The summed E-state index contributed by atoms with van der Waals surface area (Å²) in [6.07, 6.45) is 6.38. The van der Waals surface area contributed by atoms with Crippen LogP contribution in [0.4, 0.5) is 10.5 Å². The maximum Gasteiger partial charge on any atom is 0.320 e. The Morgan fingerprint density at radius 1 is 0.946 bits per heavy atom. The van der Waals surface area contributed by atoms with E-state index in [9.17, 15) is 18.0 Å². The fraction of sp³-hybridized carbons (Fsp3) is 0.600. The predicted octanol–water partition coefficient (Wildman–Crippen LogP) is 1.88. The van der Waals surface area contributed by atoms with Crippen molar-refractivity contribution in [2.24, 2.45) is 10.8 Å². The summed E-state index contributed by atoms with van der Waals surface area (Å²) < 4.78 is 29.4. The number of rotatable bonds is 5. The third-order valence-corrected chi connectivity index (χ3v) is 10.5. The van der Waals surface area contributed by atoms with Gasteiger partial charge in [0.25, 0.3) is 0 Å². The van der Waals surface area contributed by atoms with E-state index in [1.165, 1.54) is 36.2 Å². The molecule has 11 nitrogen and oxygen atoms in total. The van der Waals surface area contributed by atoms with E-state index in [1.54, 1.807) is 12.1 Å². The van der Waals surface area contributed by atoms with E-state index >= 15 is 0 Å². The molecule has 7 rings (SSSR count). The highest BCUT2D eigenvalue weighted by Gasteiger charge is 2.60. The standard InChI is InChI=1S/C25H31N7O4S/c1-17(33)27-19-4-6-21(7-5-19)37(35,36)31-14-25(15-31)12-30(13-25)23(34)29-10-24(11-29)8-20(9-24)32-16-26-22(28-32)18-2-3-18/h4-7,16,18,20H,2-3,8-15H2,1H3,(H,27,33). The van der Waals surface area contributed by atoms with Crippen molar-refractivity contribution < 1.29 is 18.0 Å². The largest absolute Gasteiger partial charge is 0.326 e. The van der Waals surface area contributed by atoms with Gasteiger partial charge in [0.15, 0.2) is 5.82 Å². The second-order valence-corrected chi connectivity index (χ2v) is 13.8. The van der Waals surface area contributed by atoms with Gasteiger partial charge in [0.2, 0.25) is 15.9 Å². The molecule has 1 N–H and O–H groups in total. The van der Waals surface area contributed by atoms with Crippen molar-refractivity contribution in [3.05, 3.63) is 36.4 Å². The number of hydrogen-bond donors (Lipinski definition) is 1. The summed E-state index contributed by atoms with van der Waals surface area (Å²) in [6, 6.07) is 6.69. The quantitative estimate of drug-likeness (QED) is 0.636. The van der Waals surface area contributed by atoms with Gasteiger partial charge in [-0.25, -0.2) is 22.9 Å². The number of sulfonamides is 1. The van der Waals surface area contributed by atoms with Gasteiger partial charge >= 0.3 is 6.03 Å². The zero-order valence-electron chi connectivity index (χ0n) is 20.8. The number of amides is 3. The van der Waals surface area contributed by atoms with Gasteiger partial charge in [-0.2, -0.15) is 9.40 Å². The normalized spacial score (nSPS) is 24.2. The first kappa shape index (κ1) is 23.2. The molecule has 2 spiro atoms. The number of hydrogen-bond acceptors (Lipinski definition) is 6. The molecule has 2 aromatic rings. The zero-order valence-corrected chi connectivity index (χ0v) is 21.7. The van der Waals surface area contributed by atoms with E-state index in [4.69, 9.17) is 0 Å². The van der Waals surface area contributed by atoms with Gasteiger partial charge in [-0.1, -0.05) is 0 Å². The molecule has 12 heteroatoms. The molecule has 4 heterocycles. The second-order valence-electron chi connectivity index (χ2n) is 11.9. The van der Waals surface area contributed by atoms with Crippen LogP contribution in [0.1, 0.15) is 50.4 Å². The van der Waals surface area contributed by atoms with Gasteiger partial charge < -0.3 is 15.1 Å². The highest BCUT2D eigenvalue weighted by atomic mass is 32.2. The third-order valence-electron chi connectivity index (χ3n) is 8.66. The van der Waals surface area contributed by atoms with Crippen LogP contribution in [-0.2, 0) is 14.8 Å². The van der Waals surface area contributed by atoms with Crippen LogP contribution < -0.4 is 5.32 Å². The molecule has 5 aliphatic rings. The Morgan fingerprint density at radius 2 is 1.57 bits per heavy atom. The van der Waals surface area contributed by atoms with Crippen molar-refractivity contribution in [1.29, 1.82) is 0 Å². The lowest BCUT2D eigenvalue weighted by atomic mass is 9.60. The average Bonchev–Trinajstić information content (AvgIpc) is 3.47. The smallest absolute Gasteiger partial charge is 0.320 e. The maximum atomic E-state index is 13.0. The molecule has 37 heavy (non-hydrogen) atoms. The molecule has 2 aliphatic carbocycles. The van der Waals surface area contributed by atoms with Crippen molar-refractivity contribution in [2.45, 2.75) is 49.5 Å². The van der Waals surface area contributed by atoms with Crippen molar-refractivity contribution in [1.82, 2.24) is 28.9 Å². The first-order valence-corrected chi connectivity index (χ1v) is 14.4. The highest BCUT2D eigenvalue weighted by molar-refractivity contribution is 7.89. The van der Waals surface area contributed by atoms with Gasteiger partial charge in [-0.3, -0.25) is 4.79 Å². The first-order valence-electron chi connectivity index (χ1n) is 13.0. The lowest BCUT2D eigenvalue weighted by Crippen LogP contribution is -2.76. The fourth-order valence-electron chi connectivity index (χ4n) is 6.51. The van der Waals surface area contributed by atoms with Crippen LogP contribution in [0.5, 0.6) is 0 Å². The minimum absolute atomic E-state index is 0.0753. The summed E-state index contributed by atoms with van der Waals surface area (Å²) in [5, 5.41) is 7.31. The predicted molar refractivity (Wildman–Crippen MR) is 133 cm³/mol. The van der Waals surface area contributed by atoms with Crippen LogP contribution in [0.3, 0.4) is 0 Å². The van der Waals surface area contributed by atoms with E-state index in [1.807, 2.05) is 20.8 Å². The van der Waals surface area contributed by atoms with Crippen LogP contribution in [0.25, 0.3) is 0 Å². The number of nitrogens with zero attached hydrogens (tertiary/aromatic N) is 6. The Bertz CT molecular complexity index is 1360. The monoisotopic (exact) mass is 525 g/mol. The summed E-state index contributed by atoms with van der Waals surface area (Å²) in [6.45, 7) is 5.07. The molecule has 1 aromatic heterocycles. The Labute approximate surface area is 215 Å². The van der Waals surface area contributed by atoms with Crippen LogP contribution in [0.2, 0.25) is 0 Å². The lowest BCUT2D eigenvalue weighted by Gasteiger charge is -2.63. The lowest BCUT2D eigenvalue weighted by molar-refractivity contribution is -0.114. The van der Waals surface area contributed by atoms with E-state index in [0.29, 0.717) is 43.8 Å². The number of carbonyl (C=O) groups excluding carboxylic acids is 2. The summed E-state index contributed by atoms with van der Waals surface area (Å²) in [5.41, 5.74) is 0.659. The Morgan fingerprint density at radius 3 is 2.16 bits per heavy atom. The summed E-state index contributed by atoms with van der Waals surface area (Å²) in [4.78, 5) is 32.6. The molecule has 196 valence electrons. The number of nitrogens with one attached hydrogen (secondary N) is 1. The SMILES string of the molecule is CC(=O)Nc1ccc(S(=O)(=O)N2CC3(CN(C(=O)N4CC5(CC(n6cnc(C7CC7)n6)C5)C4)C3)C2)cc1. The molecular weight excluding hydrogens is 494 g/mol. The highest BCUT2D eigenvalue weighted by Crippen LogP contribution is 2.54. The van der Waals surface area contributed by atoms with Crippen LogP contribution in [0.15, 0.2) is 35.5 Å². The van der Waals surface area contributed by atoms with Gasteiger partial charge in [0, 0.05) is 68.6 Å². The second kappa shape index (κ2) is 7.76. The van der Waals surface area contributed by atoms with E-state index in [-0.39, 0.29) is 27.7 Å². The van der Waals surface area contributed by atoms with Crippen LogP contribution in [-0.4, -0.2) is 88.5 Å². The molecule has 3 saturated heterocycles. The molecule has 0 radical (unpaired) electrons. The zero-order chi connectivity index (χ0) is 25.6. The molecule has 3 aliphatic heterocycles. The minimum atomic E-state index is -3.59. The fourth-order valence-corrected chi connectivity index (χ4v) is 8.18. The molecule has 0 bridgehead atoms. The number of anilines is 1. The number of urea groups is 1. The molecule has 0 atom stereocenters. The third kappa shape index (κ3) is 3.83. The Balaban J connectivity index is 0.872. The minimum Gasteiger partial charge on any atom is -0.326 e. The van der Waals surface area contributed by atoms with Gasteiger partial charge in [-0.15, -0.1) is 0 Å².